The summed E-state index contributed by atoms with van der Waals surface area (Å²) in [5.74, 6) is -0.733. The van der Waals surface area contributed by atoms with Crippen LogP contribution in [0.25, 0.3) is 0 Å². The molecule has 8 heteroatoms. The Labute approximate surface area is 90.6 Å². The Morgan fingerprint density at radius 1 is 1.80 bits per heavy atom. The highest BCUT2D eigenvalue weighted by atomic mass is 35.5. The van der Waals surface area contributed by atoms with Crippen molar-refractivity contribution >= 4 is 17.4 Å². The zero-order valence-corrected chi connectivity index (χ0v) is 8.72. The lowest BCUT2D eigenvalue weighted by Crippen LogP contribution is -2.50. The Morgan fingerprint density at radius 3 is 2.87 bits per heavy atom. The van der Waals surface area contributed by atoms with Crippen LogP contribution in [0.2, 0.25) is 0 Å². The van der Waals surface area contributed by atoms with Gasteiger partial charge in [-0.1, -0.05) is 0 Å². The quantitative estimate of drug-likeness (QED) is 0.251. The minimum absolute atomic E-state index is 0.0193. The number of aliphatic imine (C=N–C) groups is 1. The Morgan fingerprint density at radius 2 is 2.40 bits per heavy atom. The number of amidine groups is 1. The fraction of sp³-hybridized carbons (Fsp3) is 0.571. The van der Waals surface area contributed by atoms with Crippen LogP contribution in [-0.2, 0) is 0 Å². The lowest BCUT2D eigenvalue weighted by molar-refractivity contribution is -0.824. The molecule has 1 N–H and O–H groups in total. The average Bonchev–Trinajstić information content (AvgIpc) is 2.43. The lowest BCUT2D eigenvalue weighted by atomic mass is 10.3. The summed E-state index contributed by atoms with van der Waals surface area (Å²) in [6, 6.07) is 0. The van der Waals surface area contributed by atoms with Gasteiger partial charge in [-0.15, -0.1) is 11.6 Å². The summed E-state index contributed by atoms with van der Waals surface area (Å²) in [6.07, 6.45) is -0.195. The van der Waals surface area contributed by atoms with E-state index < -0.39 is 28.0 Å². The summed E-state index contributed by atoms with van der Waals surface area (Å²) in [5.41, 5.74) is 0. The monoisotopic (exact) mass is 235 g/mol. The van der Waals surface area contributed by atoms with Crippen LogP contribution in [0.1, 0.15) is 6.92 Å². The molecule has 84 valence electrons. The van der Waals surface area contributed by atoms with Crippen LogP contribution in [0.5, 0.6) is 0 Å². The molecule has 2 atom stereocenters. The first kappa shape index (κ1) is 12.1. The third-order valence-electron chi connectivity index (χ3n) is 2.09. The molecule has 0 fully saturated rings. The summed E-state index contributed by atoms with van der Waals surface area (Å²) in [7, 11) is 0. The highest BCUT2D eigenvalue weighted by Gasteiger charge is 2.42. The Balaban J connectivity index is 2.93. The summed E-state index contributed by atoms with van der Waals surface area (Å²) in [5, 5.41) is 31.9. The molecule has 1 rings (SSSR count). The number of hydrogen-bond acceptors (Lipinski definition) is 5. The minimum atomic E-state index is -1.35. The van der Waals surface area contributed by atoms with Gasteiger partial charge in [-0.2, -0.15) is 4.99 Å². The molecule has 0 spiro atoms. The Hall–Kier alpha value is -1.02. The molecule has 0 amide bonds. The van der Waals surface area contributed by atoms with E-state index >= 15 is 0 Å². The molecule has 0 aromatic heterocycles. The van der Waals surface area contributed by atoms with Gasteiger partial charge in [-0.05, 0) is 0 Å². The van der Waals surface area contributed by atoms with E-state index in [2.05, 4.69) is 4.99 Å². The standard InChI is InChI=1S/C7H10ClN3O4/c1-5-9-3-7(10(13)14)11(5,15)4-6(12)2-8/h3,6,12H,2,4H2,1H3. The third kappa shape index (κ3) is 2.15. The first-order valence-electron chi connectivity index (χ1n) is 4.15. The van der Waals surface area contributed by atoms with Gasteiger partial charge in [0.05, 0.1) is 5.88 Å². The summed E-state index contributed by atoms with van der Waals surface area (Å²) < 4.78 is -1.35. The Kier molecular flexibility index (Phi) is 3.40. The van der Waals surface area contributed by atoms with E-state index in [-0.39, 0.29) is 11.7 Å². The molecule has 2 unspecified atom stereocenters. The van der Waals surface area contributed by atoms with Crippen molar-refractivity contribution in [2.75, 3.05) is 12.4 Å². The van der Waals surface area contributed by atoms with Crippen molar-refractivity contribution in [1.82, 2.24) is 0 Å². The van der Waals surface area contributed by atoms with Crippen molar-refractivity contribution in [2.45, 2.75) is 13.0 Å². The molecule has 0 aromatic rings. The van der Waals surface area contributed by atoms with Crippen molar-refractivity contribution in [1.29, 1.82) is 0 Å². The largest absolute Gasteiger partial charge is 0.616 e. The number of halogens is 1. The van der Waals surface area contributed by atoms with Gasteiger partial charge in [0.1, 0.15) is 17.6 Å². The number of nitrogens with zero attached hydrogens (tertiary/aromatic N) is 3. The van der Waals surface area contributed by atoms with Crippen LogP contribution in [0, 0.1) is 15.3 Å². The molecule has 15 heavy (non-hydrogen) atoms. The van der Waals surface area contributed by atoms with Crippen molar-refractivity contribution in [2.24, 2.45) is 4.99 Å². The van der Waals surface area contributed by atoms with E-state index in [0.717, 1.165) is 6.20 Å². The van der Waals surface area contributed by atoms with Gasteiger partial charge in [0.2, 0.25) is 5.84 Å². The molecule has 1 aliphatic rings. The van der Waals surface area contributed by atoms with Crippen LogP contribution >= 0.6 is 11.6 Å². The average molecular weight is 236 g/mol. The van der Waals surface area contributed by atoms with Crippen LogP contribution in [0.3, 0.4) is 0 Å². The molecular weight excluding hydrogens is 226 g/mol. The number of nitro groups is 1. The first-order chi connectivity index (χ1) is 6.91. The maximum absolute atomic E-state index is 12.1. The minimum Gasteiger partial charge on any atom is -0.616 e. The molecule has 0 aliphatic carbocycles. The normalized spacial score (nSPS) is 27.2. The van der Waals surface area contributed by atoms with E-state index in [9.17, 15) is 20.4 Å². The first-order valence-corrected chi connectivity index (χ1v) is 4.68. The van der Waals surface area contributed by atoms with Gasteiger partial charge >= 0.3 is 5.82 Å². The number of hydrogen-bond donors (Lipinski definition) is 1. The fourth-order valence-electron chi connectivity index (χ4n) is 1.25. The topological polar surface area (TPSA) is 98.8 Å². The van der Waals surface area contributed by atoms with Gasteiger partial charge in [-0.3, -0.25) is 10.1 Å². The van der Waals surface area contributed by atoms with Gasteiger partial charge in [0.25, 0.3) is 0 Å². The smallest absolute Gasteiger partial charge is 0.452 e. The maximum Gasteiger partial charge on any atom is 0.452 e. The lowest BCUT2D eigenvalue weighted by Gasteiger charge is -2.35. The van der Waals surface area contributed by atoms with Crippen molar-refractivity contribution in [3.63, 3.8) is 0 Å². The summed E-state index contributed by atoms with van der Waals surface area (Å²) >= 11 is 5.34. The number of quaternary nitrogens is 1. The van der Waals surface area contributed by atoms with Crippen LogP contribution in [0.4, 0.5) is 0 Å². The van der Waals surface area contributed by atoms with Gasteiger partial charge in [-0.25, -0.2) is 4.65 Å². The molecule has 0 radical (unpaired) electrons. The Bertz CT molecular complexity index is 343. The highest BCUT2D eigenvalue weighted by molar-refractivity contribution is 6.18. The van der Waals surface area contributed by atoms with E-state index in [1.54, 1.807) is 0 Å². The molecule has 0 bridgehead atoms. The third-order valence-corrected chi connectivity index (χ3v) is 2.45. The van der Waals surface area contributed by atoms with Gasteiger partial charge in [0.15, 0.2) is 6.20 Å². The van der Waals surface area contributed by atoms with E-state index in [0.29, 0.717) is 0 Å². The van der Waals surface area contributed by atoms with Crippen molar-refractivity contribution < 1.29 is 14.7 Å². The number of rotatable bonds is 4. The van der Waals surface area contributed by atoms with Crippen molar-refractivity contribution in [3.05, 3.63) is 27.3 Å². The number of alkyl halides is 1. The number of aliphatic hydroxyl groups is 1. The highest BCUT2D eigenvalue weighted by Crippen LogP contribution is 2.24. The van der Waals surface area contributed by atoms with Crippen LogP contribution < -0.4 is 0 Å². The number of aliphatic hydroxyl groups excluding tert-OH is 1. The molecular formula is C7H10ClN3O4. The SMILES string of the molecule is CC1=NC=C([N+](=O)[O-])[N+]1([O-])CC(O)CCl. The maximum atomic E-state index is 12.1. The molecule has 0 aromatic carbocycles. The second kappa shape index (κ2) is 4.23. The van der Waals surface area contributed by atoms with E-state index in [4.69, 9.17) is 11.6 Å². The van der Waals surface area contributed by atoms with E-state index in [1.165, 1.54) is 6.92 Å². The van der Waals surface area contributed by atoms with Crippen LogP contribution in [0.15, 0.2) is 17.0 Å². The van der Waals surface area contributed by atoms with Crippen LogP contribution in [-0.4, -0.2) is 39.0 Å². The summed E-state index contributed by atoms with van der Waals surface area (Å²) in [6.45, 7) is 0.979. The molecule has 1 aliphatic heterocycles. The van der Waals surface area contributed by atoms with Gasteiger partial charge in [0, 0.05) is 6.92 Å². The van der Waals surface area contributed by atoms with E-state index in [1.807, 2.05) is 0 Å². The molecule has 1 heterocycles. The summed E-state index contributed by atoms with van der Waals surface area (Å²) in [4.78, 5) is 13.4. The zero-order valence-electron chi connectivity index (χ0n) is 7.96. The number of hydroxylamine groups is 3. The van der Waals surface area contributed by atoms with Gasteiger partial charge < -0.3 is 10.3 Å². The predicted octanol–water partition coefficient (Wildman–Crippen LogP) is 0.408. The second-order valence-electron chi connectivity index (χ2n) is 3.15. The fourth-order valence-corrected chi connectivity index (χ4v) is 1.35. The molecule has 0 saturated carbocycles. The molecule has 0 saturated heterocycles. The van der Waals surface area contributed by atoms with Crippen molar-refractivity contribution in [3.8, 4) is 0 Å². The second-order valence-corrected chi connectivity index (χ2v) is 3.46. The molecule has 7 nitrogen and oxygen atoms in total. The zero-order chi connectivity index (χ0) is 11.6. The predicted molar refractivity (Wildman–Crippen MR) is 53.4 cm³/mol.